The van der Waals surface area contributed by atoms with E-state index in [4.69, 9.17) is 4.74 Å². The largest absolute Gasteiger partial charge is 0.486 e. The topological polar surface area (TPSA) is 82.5 Å². The summed E-state index contributed by atoms with van der Waals surface area (Å²) >= 11 is 0. The maximum atomic E-state index is 12.9. The van der Waals surface area contributed by atoms with E-state index in [1.54, 1.807) is 36.4 Å². The number of methoxy groups -OCH3 is 1. The third-order valence-electron chi connectivity index (χ3n) is 5.36. The first kappa shape index (κ1) is 26.8. The zero-order valence-electron chi connectivity index (χ0n) is 20.2. The monoisotopic (exact) mass is 503 g/mol. The normalized spacial score (nSPS) is 12.3. The molecule has 0 aliphatic carbocycles. The molecule has 1 aromatic heterocycles. The van der Waals surface area contributed by atoms with Gasteiger partial charge in [-0.1, -0.05) is 26.0 Å². The number of ether oxygens (including phenoxy) is 2. The van der Waals surface area contributed by atoms with E-state index in [1.807, 2.05) is 12.1 Å². The summed E-state index contributed by atoms with van der Waals surface area (Å²) in [6.45, 7) is 4.31. The minimum absolute atomic E-state index is 0.0868. The molecule has 2 aromatic carbocycles. The predicted octanol–water partition coefficient (Wildman–Crippen LogP) is 5.35. The number of benzene rings is 2. The van der Waals surface area contributed by atoms with Crippen molar-refractivity contribution in [3.63, 3.8) is 0 Å². The first-order valence-corrected chi connectivity index (χ1v) is 11.4. The molecule has 0 saturated heterocycles. The Morgan fingerprint density at radius 2 is 1.72 bits per heavy atom. The van der Waals surface area contributed by atoms with Crippen molar-refractivity contribution in [1.29, 1.82) is 0 Å². The second kappa shape index (κ2) is 11.7. The molecule has 0 radical (unpaired) electrons. The van der Waals surface area contributed by atoms with Crippen molar-refractivity contribution in [2.24, 2.45) is 5.92 Å². The first-order valence-electron chi connectivity index (χ1n) is 11.4. The third kappa shape index (κ3) is 7.34. The van der Waals surface area contributed by atoms with Crippen LogP contribution in [0.5, 0.6) is 5.75 Å². The van der Waals surface area contributed by atoms with Crippen LogP contribution in [-0.4, -0.2) is 35.1 Å². The number of amides is 1. The lowest BCUT2D eigenvalue weighted by molar-refractivity contribution is -0.141. The Kier molecular flexibility index (Phi) is 8.73. The summed E-state index contributed by atoms with van der Waals surface area (Å²) in [6, 6.07) is 13.7. The van der Waals surface area contributed by atoms with Crippen LogP contribution in [0.25, 0.3) is 5.69 Å². The zero-order chi connectivity index (χ0) is 26.3. The van der Waals surface area contributed by atoms with E-state index in [-0.39, 0.29) is 25.0 Å². The van der Waals surface area contributed by atoms with Gasteiger partial charge in [-0.05, 0) is 54.3 Å². The SMILES string of the molecule is COC(=O)CCNC(=O)c1ccc(OC(CC(C)C)c2ccc(-n3cnc(C(F)(F)F)c3)cc2)cc1. The summed E-state index contributed by atoms with van der Waals surface area (Å²) < 4.78 is 50.6. The van der Waals surface area contributed by atoms with Crippen molar-refractivity contribution in [2.45, 2.75) is 39.0 Å². The molecule has 1 amide bonds. The van der Waals surface area contributed by atoms with E-state index in [9.17, 15) is 22.8 Å². The number of nitrogens with one attached hydrogen (secondary N) is 1. The Morgan fingerprint density at radius 3 is 2.28 bits per heavy atom. The van der Waals surface area contributed by atoms with Crippen molar-refractivity contribution < 1.29 is 32.2 Å². The van der Waals surface area contributed by atoms with Crippen LogP contribution in [0, 0.1) is 5.92 Å². The van der Waals surface area contributed by atoms with Gasteiger partial charge in [0.05, 0.1) is 19.9 Å². The van der Waals surface area contributed by atoms with Gasteiger partial charge in [0.15, 0.2) is 5.69 Å². The maximum Gasteiger partial charge on any atom is 0.434 e. The second-order valence-electron chi connectivity index (χ2n) is 8.60. The average molecular weight is 504 g/mol. The van der Waals surface area contributed by atoms with Crippen LogP contribution >= 0.6 is 0 Å². The fourth-order valence-electron chi connectivity index (χ4n) is 3.48. The predicted molar refractivity (Wildman–Crippen MR) is 127 cm³/mol. The number of carbonyl (C=O) groups is 2. The lowest BCUT2D eigenvalue weighted by Gasteiger charge is -2.22. The molecule has 10 heteroatoms. The standard InChI is InChI=1S/C26H28F3N3O4/c1-17(2)14-22(18-4-8-20(9-5-18)32-15-23(31-16-32)26(27,28)29)36-21-10-6-19(7-11-21)25(34)30-13-12-24(33)35-3/h4-11,15-17,22H,12-14H2,1-3H3,(H,30,34). The van der Waals surface area contributed by atoms with Gasteiger partial charge in [-0.15, -0.1) is 0 Å². The van der Waals surface area contributed by atoms with Crippen molar-refractivity contribution >= 4 is 11.9 Å². The molecule has 1 atom stereocenters. The van der Waals surface area contributed by atoms with E-state index in [1.165, 1.54) is 11.7 Å². The molecule has 1 unspecified atom stereocenters. The smallest absolute Gasteiger partial charge is 0.434 e. The van der Waals surface area contributed by atoms with Gasteiger partial charge in [0.1, 0.15) is 11.9 Å². The molecular weight excluding hydrogens is 475 g/mol. The number of halogens is 3. The van der Waals surface area contributed by atoms with E-state index >= 15 is 0 Å². The van der Waals surface area contributed by atoms with Crippen LogP contribution in [0.4, 0.5) is 13.2 Å². The lowest BCUT2D eigenvalue weighted by atomic mass is 9.99. The Labute approximate surface area is 207 Å². The Hall–Kier alpha value is -3.82. The van der Waals surface area contributed by atoms with Gasteiger partial charge in [-0.25, -0.2) is 4.98 Å². The summed E-state index contributed by atoms with van der Waals surface area (Å²) in [5.41, 5.74) is 0.893. The highest BCUT2D eigenvalue weighted by molar-refractivity contribution is 5.94. The Morgan fingerprint density at radius 1 is 1.06 bits per heavy atom. The zero-order valence-corrected chi connectivity index (χ0v) is 20.2. The highest BCUT2D eigenvalue weighted by atomic mass is 19.4. The molecular formula is C26H28F3N3O4. The number of nitrogens with zero attached hydrogens (tertiary/aromatic N) is 2. The van der Waals surface area contributed by atoms with Gasteiger partial charge in [0, 0.05) is 24.0 Å². The quantitative estimate of drug-likeness (QED) is 0.377. The van der Waals surface area contributed by atoms with Crippen LogP contribution in [0.1, 0.15) is 54.4 Å². The molecule has 0 bridgehead atoms. The van der Waals surface area contributed by atoms with Crippen LogP contribution in [-0.2, 0) is 15.7 Å². The molecule has 0 fully saturated rings. The van der Waals surface area contributed by atoms with Crippen molar-refractivity contribution in [2.75, 3.05) is 13.7 Å². The highest BCUT2D eigenvalue weighted by Crippen LogP contribution is 2.30. The summed E-state index contributed by atoms with van der Waals surface area (Å²) in [6.07, 6.45) is -1.92. The average Bonchev–Trinajstić information content (AvgIpc) is 3.35. The second-order valence-corrected chi connectivity index (χ2v) is 8.60. The maximum absolute atomic E-state index is 12.9. The van der Waals surface area contributed by atoms with Gasteiger partial charge >= 0.3 is 12.1 Å². The van der Waals surface area contributed by atoms with E-state index in [2.05, 4.69) is 28.9 Å². The number of alkyl halides is 3. The molecule has 0 saturated carbocycles. The highest BCUT2D eigenvalue weighted by Gasteiger charge is 2.33. The molecule has 3 aromatic rings. The fraction of sp³-hybridized carbons (Fsp3) is 0.346. The molecule has 0 aliphatic rings. The van der Waals surface area contributed by atoms with Crippen molar-refractivity contribution in [3.05, 3.63) is 77.9 Å². The summed E-state index contributed by atoms with van der Waals surface area (Å²) in [4.78, 5) is 26.8. The van der Waals surface area contributed by atoms with E-state index < -0.39 is 17.8 Å². The summed E-state index contributed by atoms with van der Waals surface area (Å²) in [5.74, 6) is 0.171. The van der Waals surface area contributed by atoms with Crippen LogP contribution in [0.2, 0.25) is 0 Å². The van der Waals surface area contributed by atoms with Gasteiger partial charge in [0.2, 0.25) is 0 Å². The molecule has 1 heterocycles. The molecule has 3 rings (SSSR count). The van der Waals surface area contributed by atoms with Gasteiger partial charge in [-0.3, -0.25) is 9.59 Å². The number of hydrogen-bond donors (Lipinski definition) is 1. The van der Waals surface area contributed by atoms with Gasteiger partial charge in [0.25, 0.3) is 5.91 Å². The van der Waals surface area contributed by atoms with E-state index in [0.29, 0.717) is 29.3 Å². The number of imidazole rings is 1. The van der Waals surface area contributed by atoms with Gasteiger partial charge in [-0.2, -0.15) is 13.2 Å². The fourth-order valence-corrected chi connectivity index (χ4v) is 3.48. The number of hydrogen-bond acceptors (Lipinski definition) is 5. The molecule has 0 spiro atoms. The number of aromatic nitrogens is 2. The number of rotatable bonds is 10. The minimum atomic E-state index is -4.50. The Bertz CT molecular complexity index is 1160. The van der Waals surface area contributed by atoms with Crippen LogP contribution in [0.15, 0.2) is 61.1 Å². The van der Waals surface area contributed by atoms with Crippen molar-refractivity contribution in [3.8, 4) is 11.4 Å². The van der Waals surface area contributed by atoms with E-state index in [0.717, 1.165) is 18.1 Å². The molecule has 7 nitrogen and oxygen atoms in total. The van der Waals surface area contributed by atoms with Gasteiger partial charge < -0.3 is 19.4 Å². The molecule has 1 N–H and O–H groups in total. The molecule has 192 valence electrons. The van der Waals surface area contributed by atoms with Crippen molar-refractivity contribution in [1.82, 2.24) is 14.9 Å². The number of carbonyl (C=O) groups excluding carboxylic acids is 2. The molecule has 0 aliphatic heterocycles. The minimum Gasteiger partial charge on any atom is -0.486 e. The third-order valence-corrected chi connectivity index (χ3v) is 5.36. The first-order chi connectivity index (χ1) is 17.1. The summed E-state index contributed by atoms with van der Waals surface area (Å²) in [5, 5.41) is 2.66. The van der Waals surface area contributed by atoms with Crippen LogP contribution < -0.4 is 10.1 Å². The lowest BCUT2D eigenvalue weighted by Crippen LogP contribution is -2.26. The summed E-state index contributed by atoms with van der Waals surface area (Å²) in [7, 11) is 1.29. The molecule has 36 heavy (non-hydrogen) atoms. The van der Waals surface area contributed by atoms with Crippen LogP contribution in [0.3, 0.4) is 0 Å². The Balaban J connectivity index is 1.68. The number of esters is 1.